The summed E-state index contributed by atoms with van der Waals surface area (Å²) < 4.78 is 13.5. The van der Waals surface area contributed by atoms with Gasteiger partial charge in [-0.2, -0.15) is 0 Å². The van der Waals surface area contributed by atoms with Crippen LogP contribution in [0.3, 0.4) is 0 Å². The lowest BCUT2D eigenvalue weighted by atomic mass is 9.65. The van der Waals surface area contributed by atoms with Crippen LogP contribution in [-0.4, -0.2) is 41.1 Å². The highest BCUT2D eigenvalue weighted by Crippen LogP contribution is 2.53. The molecule has 2 bridgehead atoms. The van der Waals surface area contributed by atoms with Crippen LogP contribution in [0.25, 0.3) is 11.1 Å². The fourth-order valence-corrected chi connectivity index (χ4v) is 8.04. The van der Waals surface area contributed by atoms with Gasteiger partial charge in [0.25, 0.3) is 0 Å². The molecule has 3 aliphatic rings. The molecular weight excluding hydrogens is 536 g/mol. The number of carbonyl (C=O) groups is 1. The lowest BCUT2D eigenvalue weighted by molar-refractivity contribution is -0.253. The Labute approximate surface area is 256 Å². The Hall–Kier alpha value is -3.03. The first-order valence-electron chi connectivity index (χ1n) is 15.8. The predicted molar refractivity (Wildman–Crippen MR) is 169 cm³/mol. The molecule has 2 unspecified atom stereocenters. The van der Waals surface area contributed by atoms with Crippen LogP contribution in [-0.2, 0) is 27.4 Å². The monoisotopic (exact) mass is 582 g/mol. The molecule has 6 nitrogen and oxygen atoms in total. The van der Waals surface area contributed by atoms with Crippen LogP contribution in [0.4, 0.5) is 0 Å². The first-order valence-corrected chi connectivity index (χ1v) is 15.8. The van der Waals surface area contributed by atoms with Crippen molar-refractivity contribution in [2.45, 2.75) is 91.1 Å². The molecule has 3 aromatic carbocycles. The van der Waals surface area contributed by atoms with E-state index < -0.39 is 6.29 Å². The summed E-state index contributed by atoms with van der Waals surface area (Å²) in [5.41, 5.74) is 7.00. The number of carbonyl (C=O) groups excluding carboxylic acids is 1. The molecule has 3 fully saturated rings. The summed E-state index contributed by atoms with van der Waals surface area (Å²) in [6.07, 6.45) is 4.04. The molecule has 6 rings (SSSR count). The maximum atomic E-state index is 11.4. The molecule has 1 saturated carbocycles. The number of amides is 1. The van der Waals surface area contributed by atoms with Crippen LogP contribution in [0.1, 0.15) is 88.0 Å². The number of nitrogens with one attached hydrogen (secondary N) is 1. The van der Waals surface area contributed by atoms with Crippen LogP contribution >= 0.6 is 0 Å². The van der Waals surface area contributed by atoms with Crippen molar-refractivity contribution >= 4 is 5.91 Å². The van der Waals surface area contributed by atoms with Gasteiger partial charge in [0.15, 0.2) is 6.29 Å². The van der Waals surface area contributed by atoms with E-state index in [2.05, 4.69) is 79.5 Å². The minimum Gasteiger partial charge on any atom is -0.392 e. The molecule has 2 heterocycles. The first-order chi connectivity index (χ1) is 20.6. The number of fused-ring (bicyclic) bond motifs is 2. The lowest BCUT2D eigenvalue weighted by Gasteiger charge is -2.41. The molecule has 2 N–H and O–H groups in total. The molecule has 2 aliphatic heterocycles. The van der Waals surface area contributed by atoms with Gasteiger partial charge in [0.2, 0.25) is 5.91 Å². The van der Waals surface area contributed by atoms with Crippen LogP contribution in [0.15, 0.2) is 72.8 Å². The van der Waals surface area contributed by atoms with E-state index in [9.17, 15) is 9.90 Å². The van der Waals surface area contributed by atoms with E-state index in [1.165, 1.54) is 26.2 Å². The van der Waals surface area contributed by atoms with Gasteiger partial charge in [-0.3, -0.25) is 9.69 Å². The Morgan fingerprint density at radius 3 is 2.42 bits per heavy atom. The first kappa shape index (κ1) is 30.0. The zero-order chi connectivity index (χ0) is 30.2. The van der Waals surface area contributed by atoms with Gasteiger partial charge in [-0.05, 0) is 70.0 Å². The van der Waals surface area contributed by atoms with E-state index in [0.717, 1.165) is 52.9 Å². The molecule has 1 amide bonds. The number of likely N-dealkylation sites (tertiary alicyclic amines) is 1. The van der Waals surface area contributed by atoms with Crippen molar-refractivity contribution in [3.63, 3.8) is 0 Å². The number of nitrogens with zero attached hydrogens (tertiary/aromatic N) is 1. The van der Waals surface area contributed by atoms with Crippen LogP contribution < -0.4 is 5.32 Å². The molecule has 2 saturated heterocycles. The van der Waals surface area contributed by atoms with Gasteiger partial charge >= 0.3 is 0 Å². The zero-order valence-electron chi connectivity index (χ0n) is 26.0. The highest BCUT2D eigenvalue weighted by atomic mass is 16.7. The second-order valence-corrected chi connectivity index (χ2v) is 14.2. The molecule has 228 valence electrons. The number of hydrogen-bond donors (Lipinski definition) is 2. The van der Waals surface area contributed by atoms with Crippen molar-refractivity contribution in [2.75, 3.05) is 13.1 Å². The van der Waals surface area contributed by atoms with E-state index in [1.54, 1.807) is 0 Å². The van der Waals surface area contributed by atoms with Crippen LogP contribution in [0, 0.1) is 10.8 Å². The topological polar surface area (TPSA) is 71.0 Å². The van der Waals surface area contributed by atoms with Crippen molar-refractivity contribution in [1.82, 2.24) is 10.2 Å². The normalized spacial score (nSPS) is 28.5. The Morgan fingerprint density at radius 1 is 0.930 bits per heavy atom. The van der Waals surface area contributed by atoms with Crippen LogP contribution in [0.2, 0.25) is 0 Å². The number of rotatable bonds is 8. The Bertz CT molecular complexity index is 1440. The highest BCUT2D eigenvalue weighted by molar-refractivity contribution is 5.73. The number of benzene rings is 3. The van der Waals surface area contributed by atoms with Crippen molar-refractivity contribution in [1.29, 1.82) is 0 Å². The van der Waals surface area contributed by atoms with Gasteiger partial charge in [0, 0.05) is 44.6 Å². The smallest absolute Gasteiger partial charge is 0.217 e. The van der Waals surface area contributed by atoms with Gasteiger partial charge in [0.05, 0.1) is 18.8 Å². The summed E-state index contributed by atoms with van der Waals surface area (Å²) in [5, 5.41) is 12.5. The van der Waals surface area contributed by atoms with Gasteiger partial charge < -0.3 is 19.9 Å². The molecular formula is C37H46N2O4. The van der Waals surface area contributed by atoms with Crippen molar-refractivity contribution < 1.29 is 19.4 Å². The summed E-state index contributed by atoms with van der Waals surface area (Å²) in [6, 6.07) is 25.5. The fourth-order valence-electron chi connectivity index (χ4n) is 8.04. The fraction of sp³-hybridized carbons (Fsp3) is 0.486. The Morgan fingerprint density at radius 2 is 1.67 bits per heavy atom. The summed E-state index contributed by atoms with van der Waals surface area (Å²) in [6.45, 7) is 11.4. The maximum absolute atomic E-state index is 11.4. The molecule has 0 radical (unpaired) electrons. The summed E-state index contributed by atoms with van der Waals surface area (Å²) >= 11 is 0. The van der Waals surface area contributed by atoms with E-state index in [0.29, 0.717) is 23.4 Å². The third kappa shape index (κ3) is 7.04. The quantitative estimate of drug-likeness (QED) is 0.302. The van der Waals surface area contributed by atoms with Crippen molar-refractivity contribution in [2.24, 2.45) is 10.8 Å². The standard InChI is InChI=1S/C37H46N2O4/c1-25(41)38-20-27-7-5-8-29(15-27)30-9-6-10-31(16-30)35-42-33(17-34(43-35)28-13-11-26(22-40)12-14-28)21-39-24-37(4)19-32(39)18-36(2,3)23-37/h5-16,32-35,40H,17-24H2,1-4H3,(H,38,41)/t32?,33-,34+,35+,37?/m1/s1. The lowest BCUT2D eigenvalue weighted by Crippen LogP contribution is -2.42. The zero-order valence-corrected chi connectivity index (χ0v) is 26.0. The molecule has 0 aromatic heterocycles. The minimum absolute atomic E-state index is 0.0322. The van der Waals surface area contributed by atoms with E-state index in [4.69, 9.17) is 9.47 Å². The van der Waals surface area contributed by atoms with E-state index >= 15 is 0 Å². The second-order valence-electron chi connectivity index (χ2n) is 14.2. The van der Waals surface area contributed by atoms with E-state index in [1.807, 2.05) is 24.3 Å². The summed E-state index contributed by atoms with van der Waals surface area (Å²) in [7, 11) is 0. The molecule has 1 aliphatic carbocycles. The number of aliphatic hydroxyl groups excluding tert-OH is 1. The highest BCUT2D eigenvalue weighted by Gasteiger charge is 2.50. The largest absolute Gasteiger partial charge is 0.392 e. The van der Waals surface area contributed by atoms with Gasteiger partial charge in [-0.25, -0.2) is 0 Å². The number of hydrogen-bond acceptors (Lipinski definition) is 5. The van der Waals surface area contributed by atoms with Gasteiger partial charge in [0.1, 0.15) is 0 Å². The predicted octanol–water partition coefficient (Wildman–Crippen LogP) is 6.93. The average molecular weight is 583 g/mol. The van der Waals surface area contributed by atoms with Crippen LogP contribution in [0.5, 0.6) is 0 Å². The van der Waals surface area contributed by atoms with Crippen molar-refractivity contribution in [3.05, 3.63) is 95.1 Å². The molecule has 3 aromatic rings. The second kappa shape index (κ2) is 12.2. The maximum Gasteiger partial charge on any atom is 0.217 e. The molecule has 43 heavy (non-hydrogen) atoms. The number of ether oxygens (including phenoxy) is 2. The SMILES string of the molecule is CC(=O)NCc1cccc(-c2cccc([C@H]3O[C@@H](CN4CC5(C)CC4CC(C)(C)C5)C[C@@H](c4ccc(CO)cc4)O3)c2)c1. The Kier molecular flexibility index (Phi) is 8.49. The summed E-state index contributed by atoms with van der Waals surface area (Å²) in [5.74, 6) is -0.0377. The van der Waals surface area contributed by atoms with E-state index in [-0.39, 0.29) is 24.7 Å². The molecule has 5 atom stereocenters. The van der Waals surface area contributed by atoms with Crippen molar-refractivity contribution in [3.8, 4) is 11.1 Å². The number of aliphatic hydroxyl groups is 1. The minimum atomic E-state index is -0.488. The Balaban J connectivity index is 1.25. The summed E-state index contributed by atoms with van der Waals surface area (Å²) in [4.78, 5) is 14.1. The molecule has 6 heteroatoms. The molecule has 0 spiro atoms. The van der Waals surface area contributed by atoms with Gasteiger partial charge in [-0.1, -0.05) is 81.4 Å². The third-order valence-corrected chi connectivity index (χ3v) is 9.54. The third-order valence-electron chi connectivity index (χ3n) is 9.54. The van der Waals surface area contributed by atoms with Gasteiger partial charge in [-0.15, -0.1) is 0 Å². The average Bonchev–Trinajstić information content (AvgIpc) is 3.23.